The highest BCUT2D eigenvalue weighted by atomic mass is 35.5. The van der Waals surface area contributed by atoms with Gasteiger partial charge >= 0.3 is 0 Å². The van der Waals surface area contributed by atoms with Crippen molar-refractivity contribution in [3.63, 3.8) is 0 Å². The van der Waals surface area contributed by atoms with Crippen molar-refractivity contribution in [1.82, 2.24) is 9.55 Å². The van der Waals surface area contributed by atoms with Gasteiger partial charge in [-0.2, -0.15) is 0 Å². The van der Waals surface area contributed by atoms with Crippen LogP contribution in [0.3, 0.4) is 0 Å². The quantitative estimate of drug-likeness (QED) is 0.613. The number of rotatable bonds is 6. The molecule has 0 aliphatic carbocycles. The fraction of sp³-hybridized carbons (Fsp3) is 0.211. The Morgan fingerprint density at radius 2 is 1.93 bits per heavy atom. The Kier molecular flexibility index (Phi) is 5.70. The molecule has 0 aliphatic heterocycles. The molecule has 3 aromatic rings. The van der Waals surface area contributed by atoms with Gasteiger partial charge in [0.2, 0.25) is 5.91 Å². The van der Waals surface area contributed by atoms with Crippen LogP contribution in [0.4, 0.5) is 5.69 Å². The molecule has 2 N–H and O–H groups in total. The van der Waals surface area contributed by atoms with Gasteiger partial charge in [0.1, 0.15) is 5.75 Å². The van der Waals surface area contributed by atoms with E-state index in [1.165, 1.54) is 43.3 Å². The number of phenols is 1. The lowest BCUT2D eigenvalue weighted by atomic mass is 10.2. The third kappa shape index (κ3) is 4.01. The van der Waals surface area contributed by atoms with Crippen LogP contribution in [0.15, 0.2) is 41.5 Å². The number of nitrogens with zero attached hydrogens (tertiary/aromatic N) is 2. The summed E-state index contributed by atoms with van der Waals surface area (Å²) in [6.45, 7) is 0.114. The SMILES string of the molecule is COc1cc2ncn(CCC(=O)Nc3cc(Cl)ccc3O)c(=O)c2cc1OC. The fourth-order valence-corrected chi connectivity index (χ4v) is 2.86. The summed E-state index contributed by atoms with van der Waals surface area (Å²) in [5, 5.41) is 13.1. The Bertz CT molecular complexity index is 1100. The summed E-state index contributed by atoms with van der Waals surface area (Å²) in [5.74, 6) is 0.418. The van der Waals surface area contributed by atoms with E-state index in [0.717, 1.165) is 0 Å². The predicted octanol–water partition coefficient (Wildman–Crippen LogP) is 2.80. The monoisotopic (exact) mass is 403 g/mol. The molecule has 2 aromatic carbocycles. The largest absolute Gasteiger partial charge is 0.506 e. The van der Waals surface area contributed by atoms with Gasteiger partial charge in [0.15, 0.2) is 11.5 Å². The second kappa shape index (κ2) is 8.18. The number of amides is 1. The zero-order valence-corrected chi connectivity index (χ0v) is 16.0. The van der Waals surface area contributed by atoms with Gasteiger partial charge in [0.05, 0.1) is 37.1 Å². The van der Waals surface area contributed by atoms with Crippen LogP contribution in [0.25, 0.3) is 10.9 Å². The second-order valence-corrected chi connectivity index (χ2v) is 6.36. The summed E-state index contributed by atoms with van der Waals surface area (Å²) < 4.78 is 11.8. The number of anilines is 1. The number of nitrogens with one attached hydrogen (secondary N) is 1. The molecule has 1 aromatic heterocycles. The number of halogens is 1. The van der Waals surface area contributed by atoms with E-state index in [1.807, 2.05) is 0 Å². The lowest BCUT2D eigenvalue weighted by Gasteiger charge is -2.11. The standard InChI is InChI=1S/C19H18ClN3O5/c1-27-16-8-12-13(9-17(16)28-2)21-10-23(19(12)26)6-5-18(25)22-14-7-11(20)3-4-15(14)24/h3-4,7-10,24H,5-6H2,1-2H3,(H,22,25). The lowest BCUT2D eigenvalue weighted by Crippen LogP contribution is -2.23. The predicted molar refractivity (Wildman–Crippen MR) is 105 cm³/mol. The molecule has 0 radical (unpaired) electrons. The van der Waals surface area contributed by atoms with Crippen molar-refractivity contribution < 1.29 is 19.4 Å². The number of fused-ring (bicyclic) bond motifs is 1. The summed E-state index contributed by atoms with van der Waals surface area (Å²) in [7, 11) is 2.98. The molecule has 1 heterocycles. The minimum atomic E-state index is -0.378. The van der Waals surface area contributed by atoms with Gasteiger partial charge < -0.3 is 19.9 Å². The smallest absolute Gasteiger partial charge is 0.261 e. The first-order chi connectivity index (χ1) is 13.4. The van der Waals surface area contributed by atoms with E-state index in [4.69, 9.17) is 21.1 Å². The molecule has 0 fully saturated rings. The number of hydrogen-bond acceptors (Lipinski definition) is 6. The molecular formula is C19H18ClN3O5. The summed E-state index contributed by atoms with van der Waals surface area (Å²) in [6.07, 6.45) is 1.38. The fourth-order valence-electron chi connectivity index (χ4n) is 2.69. The van der Waals surface area contributed by atoms with Crippen molar-refractivity contribution in [2.75, 3.05) is 19.5 Å². The third-order valence-corrected chi connectivity index (χ3v) is 4.38. The van der Waals surface area contributed by atoms with E-state index in [0.29, 0.717) is 27.4 Å². The zero-order chi connectivity index (χ0) is 20.3. The Hall–Kier alpha value is -3.26. The average molecular weight is 404 g/mol. The lowest BCUT2D eigenvalue weighted by molar-refractivity contribution is -0.116. The molecule has 3 rings (SSSR count). The van der Waals surface area contributed by atoms with E-state index in [-0.39, 0.29) is 35.9 Å². The molecule has 0 saturated heterocycles. The van der Waals surface area contributed by atoms with Crippen LogP contribution in [-0.4, -0.2) is 34.8 Å². The van der Waals surface area contributed by atoms with Crippen molar-refractivity contribution in [2.45, 2.75) is 13.0 Å². The van der Waals surface area contributed by atoms with Crippen LogP contribution in [0.5, 0.6) is 17.2 Å². The Balaban J connectivity index is 1.79. The molecule has 0 bridgehead atoms. The van der Waals surface area contributed by atoms with Crippen molar-refractivity contribution in [3.8, 4) is 17.2 Å². The zero-order valence-electron chi connectivity index (χ0n) is 15.2. The number of aromatic nitrogens is 2. The maximum Gasteiger partial charge on any atom is 0.261 e. The number of benzene rings is 2. The van der Waals surface area contributed by atoms with Crippen molar-refractivity contribution in [3.05, 3.63) is 52.0 Å². The normalized spacial score (nSPS) is 10.7. The molecule has 0 saturated carbocycles. The van der Waals surface area contributed by atoms with Gasteiger partial charge in [0.25, 0.3) is 5.56 Å². The van der Waals surface area contributed by atoms with Gasteiger partial charge in [-0.3, -0.25) is 14.2 Å². The first kappa shape index (κ1) is 19.5. The van der Waals surface area contributed by atoms with Gasteiger partial charge in [-0.15, -0.1) is 0 Å². The first-order valence-corrected chi connectivity index (χ1v) is 8.70. The number of carbonyl (C=O) groups is 1. The van der Waals surface area contributed by atoms with Crippen LogP contribution < -0.4 is 20.3 Å². The summed E-state index contributed by atoms with van der Waals surface area (Å²) >= 11 is 5.86. The number of carbonyl (C=O) groups excluding carboxylic acids is 1. The maximum absolute atomic E-state index is 12.7. The molecule has 1 amide bonds. The van der Waals surface area contributed by atoms with E-state index >= 15 is 0 Å². The Labute approximate surface area is 165 Å². The van der Waals surface area contributed by atoms with Gasteiger partial charge in [-0.05, 0) is 24.3 Å². The Morgan fingerprint density at radius 1 is 1.21 bits per heavy atom. The number of aryl methyl sites for hydroxylation is 1. The van der Waals surface area contributed by atoms with E-state index < -0.39 is 0 Å². The molecule has 0 aliphatic rings. The average Bonchev–Trinajstić information content (AvgIpc) is 2.69. The number of hydrogen-bond donors (Lipinski definition) is 2. The highest BCUT2D eigenvalue weighted by Crippen LogP contribution is 2.30. The van der Waals surface area contributed by atoms with Crippen molar-refractivity contribution in [1.29, 1.82) is 0 Å². The Morgan fingerprint density at radius 3 is 2.64 bits per heavy atom. The number of phenolic OH excluding ortho intramolecular Hbond substituents is 1. The summed E-state index contributed by atoms with van der Waals surface area (Å²) in [6, 6.07) is 7.52. The van der Waals surface area contributed by atoms with Crippen LogP contribution in [-0.2, 0) is 11.3 Å². The van der Waals surface area contributed by atoms with E-state index in [2.05, 4.69) is 10.3 Å². The molecular weight excluding hydrogens is 386 g/mol. The highest BCUT2D eigenvalue weighted by Gasteiger charge is 2.12. The number of ether oxygens (including phenoxy) is 2. The number of methoxy groups -OCH3 is 2. The summed E-state index contributed by atoms with van der Waals surface area (Å²) in [4.78, 5) is 29.1. The maximum atomic E-state index is 12.7. The summed E-state index contributed by atoms with van der Waals surface area (Å²) in [5.41, 5.74) is 0.370. The van der Waals surface area contributed by atoms with E-state index in [1.54, 1.807) is 12.1 Å². The second-order valence-electron chi connectivity index (χ2n) is 5.93. The molecule has 0 unspecified atom stereocenters. The highest BCUT2D eigenvalue weighted by molar-refractivity contribution is 6.31. The minimum absolute atomic E-state index is 0.00629. The van der Waals surface area contributed by atoms with Crippen LogP contribution in [0.1, 0.15) is 6.42 Å². The molecule has 28 heavy (non-hydrogen) atoms. The van der Waals surface area contributed by atoms with Crippen LogP contribution in [0.2, 0.25) is 5.02 Å². The molecule has 8 nitrogen and oxygen atoms in total. The third-order valence-electron chi connectivity index (χ3n) is 4.14. The number of aromatic hydroxyl groups is 1. The molecule has 146 valence electrons. The van der Waals surface area contributed by atoms with Crippen molar-refractivity contribution in [2.24, 2.45) is 0 Å². The van der Waals surface area contributed by atoms with Crippen LogP contribution in [0, 0.1) is 0 Å². The van der Waals surface area contributed by atoms with Gasteiger partial charge in [-0.25, -0.2) is 4.98 Å². The van der Waals surface area contributed by atoms with Crippen molar-refractivity contribution >= 4 is 34.1 Å². The van der Waals surface area contributed by atoms with Crippen LogP contribution >= 0.6 is 11.6 Å². The minimum Gasteiger partial charge on any atom is -0.506 e. The van der Waals surface area contributed by atoms with Gasteiger partial charge in [-0.1, -0.05) is 11.6 Å². The van der Waals surface area contributed by atoms with E-state index in [9.17, 15) is 14.7 Å². The molecule has 9 heteroatoms. The van der Waals surface area contributed by atoms with Gasteiger partial charge in [0, 0.05) is 24.1 Å². The topological polar surface area (TPSA) is 103 Å². The molecule has 0 atom stereocenters. The molecule has 0 spiro atoms. The first-order valence-electron chi connectivity index (χ1n) is 8.32.